The van der Waals surface area contributed by atoms with E-state index in [0.717, 1.165) is 30.6 Å². The molecule has 1 aliphatic rings. The van der Waals surface area contributed by atoms with Crippen LogP contribution in [0.1, 0.15) is 40.9 Å². The second-order valence-corrected chi connectivity index (χ2v) is 9.55. The van der Waals surface area contributed by atoms with Crippen LogP contribution in [0, 0.1) is 0 Å². The third-order valence-electron chi connectivity index (χ3n) is 4.62. The van der Waals surface area contributed by atoms with E-state index in [1.807, 2.05) is 17.5 Å². The van der Waals surface area contributed by atoms with Gasteiger partial charge in [0.25, 0.3) is 5.91 Å². The van der Waals surface area contributed by atoms with Crippen LogP contribution in [-0.4, -0.2) is 43.7 Å². The van der Waals surface area contributed by atoms with Crippen molar-refractivity contribution in [2.24, 2.45) is 0 Å². The lowest BCUT2D eigenvalue weighted by Gasteiger charge is -2.20. The van der Waals surface area contributed by atoms with Crippen molar-refractivity contribution in [3.05, 3.63) is 52.2 Å². The van der Waals surface area contributed by atoms with Gasteiger partial charge in [-0.2, -0.15) is 4.31 Å². The van der Waals surface area contributed by atoms with Gasteiger partial charge in [-0.1, -0.05) is 18.9 Å². The molecular weight excluding hydrogens is 368 g/mol. The molecule has 1 aliphatic heterocycles. The van der Waals surface area contributed by atoms with Gasteiger partial charge < -0.3 is 4.90 Å². The standard InChI is InChI=1S/C19H24N2O3S2/c1-20(15-17-7-6-14-25-17)19(22)16-8-10-18(11-9-16)26(23,24)21-12-4-2-3-5-13-21/h6-11,14H,2-5,12-13,15H2,1H3. The number of carbonyl (C=O) groups excluding carboxylic acids is 1. The molecule has 1 fully saturated rings. The second kappa shape index (κ2) is 8.33. The minimum Gasteiger partial charge on any atom is -0.337 e. The zero-order valence-corrected chi connectivity index (χ0v) is 16.6. The lowest BCUT2D eigenvalue weighted by atomic mass is 10.2. The highest BCUT2D eigenvalue weighted by Gasteiger charge is 2.25. The molecule has 7 heteroatoms. The molecule has 0 N–H and O–H groups in total. The summed E-state index contributed by atoms with van der Waals surface area (Å²) in [6, 6.07) is 10.3. The van der Waals surface area contributed by atoms with E-state index in [0.29, 0.717) is 25.2 Å². The summed E-state index contributed by atoms with van der Waals surface area (Å²) in [7, 11) is -1.73. The van der Waals surface area contributed by atoms with Gasteiger partial charge in [0.05, 0.1) is 11.4 Å². The molecule has 26 heavy (non-hydrogen) atoms. The van der Waals surface area contributed by atoms with Gasteiger partial charge in [-0.05, 0) is 48.6 Å². The van der Waals surface area contributed by atoms with Gasteiger partial charge in [0.2, 0.25) is 10.0 Å². The van der Waals surface area contributed by atoms with Crippen LogP contribution in [-0.2, 0) is 16.6 Å². The van der Waals surface area contributed by atoms with E-state index in [4.69, 9.17) is 0 Å². The van der Waals surface area contributed by atoms with E-state index >= 15 is 0 Å². The Labute approximate surface area is 159 Å². The monoisotopic (exact) mass is 392 g/mol. The van der Waals surface area contributed by atoms with E-state index in [2.05, 4.69) is 0 Å². The van der Waals surface area contributed by atoms with Crippen LogP contribution in [0.3, 0.4) is 0 Å². The Morgan fingerprint density at radius 1 is 1.08 bits per heavy atom. The zero-order chi connectivity index (χ0) is 18.6. The van der Waals surface area contributed by atoms with Crippen molar-refractivity contribution >= 4 is 27.3 Å². The Hall–Kier alpha value is -1.70. The van der Waals surface area contributed by atoms with Crippen LogP contribution in [0.2, 0.25) is 0 Å². The highest BCUT2D eigenvalue weighted by Crippen LogP contribution is 2.21. The van der Waals surface area contributed by atoms with Gasteiger partial charge in [0, 0.05) is 30.6 Å². The lowest BCUT2D eigenvalue weighted by Crippen LogP contribution is -2.32. The molecule has 1 amide bonds. The van der Waals surface area contributed by atoms with Crippen molar-refractivity contribution in [3.8, 4) is 0 Å². The Morgan fingerprint density at radius 2 is 1.73 bits per heavy atom. The summed E-state index contributed by atoms with van der Waals surface area (Å²) in [6.45, 7) is 1.70. The first-order chi connectivity index (χ1) is 12.5. The van der Waals surface area contributed by atoms with Gasteiger partial charge in [0.1, 0.15) is 0 Å². The number of nitrogens with zero attached hydrogens (tertiary/aromatic N) is 2. The molecule has 1 aromatic heterocycles. The maximum atomic E-state index is 12.8. The topological polar surface area (TPSA) is 57.7 Å². The van der Waals surface area contributed by atoms with E-state index in [9.17, 15) is 13.2 Å². The van der Waals surface area contributed by atoms with Crippen molar-refractivity contribution in [1.82, 2.24) is 9.21 Å². The fourth-order valence-electron chi connectivity index (χ4n) is 3.13. The van der Waals surface area contributed by atoms with Crippen LogP contribution in [0.25, 0.3) is 0 Å². The number of amides is 1. The number of rotatable bonds is 5. The molecule has 140 valence electrons. The van der Waals surface area contributed by atoms with E-state index in [1.165, 1.54) is 0 Å². The molecule has 1 saturated heterocycles. The summed E-state index contributed by atoms with van der Waals surface area (Å²) >= 11 is 1.61. The lowest BCUT2D eigenvalue weighted by molar-refractivity contribution is 0.0786. The molecule has 3 rings (SSSR count). The number of hydrogen-bond acceptors (Lipinski definition) is 4. The molecule has 0 unspecified atom stereocenters. The minimum absolute atomic E-state index is 0.114. The summed E-state index contributed by atoms with van der Waals surface area (Å²) in [6.07, 6.45) is 3.97. The van der Waals surface area contributed by atoms with Gasteiger partial charge in [0.15, 0.2) is 0 Å². The van der Waals surface area contributed by atoms with Crippen molar-refractivity contribution in [2.45, 2.75) is 37.1 Å². The van der Waals surface area contributed by atoms with Crippen molar-refractivity contribution in [2.75, 3.05) is 20.1 Å². The van der Waals surface area contributed by atoms with E-state index < -0.39 is 10.0 Å². The molecular formula is C19H24N2O3S2. The number of thiophene rings is 1. The predicted molar refractivity (Wildman–Crippen MR) is 104 cm³/mol. The SMILES string of the molecule is CN(Cc1cccs1)C(=O)c1ccc(S(=O)(=O)N2CCCCCC2)cc1. The fourth-order valence-corrected chi connectivity index (χ4v) is 5.40. The Bertz CT molecular complexity index is 822. The summed E-state index contributed by atoms with van der Waals surface area (Å²) in [5.41, 5.74) is 0.499. The van der Waals surface area contributed by atoms with Gasteiger partial charge >= 0.3 is 0 Å². The Balaban J connectivity index is 1.72. The smallest absolute Gasteiger partial charge is 0.253 e. The molecule has 2 heterocycles. The number of benzene rings is 1. The third-order valence-corrected chi connectivity index (χ3v) is 7.40. The fraction of sp³-hybridized carbons (Fsp3) is 0.421. The van der Waals surface area contributed by atoms with Crippen molar-refractivity contribution < 1.29 is 13.2 Å². The molecule has 0 saturated carbocycles. The number of hydrogen-bond donors (Lipinski definition) is 0. The van der Waals surface area contributed by atoms with Crippen LogP contribution >= 0.6 is 11.3 Å². The molecule has 1 aromatic carbocycles. The third kappa shape index (κ3) is 4.34. The molecule has 5 nitrogen and oxygen atoms in total. The number of sulfonamides is 1. The van der Waals surface area contributed by atoms with Gasteiger partial charge in [-0.25, -0.2) is 8.42 Å². The molecule has 2 aromatic rings. The zero-order valence-electron chi connectivity index (χ0n) is 14.9. The van der Waals surface area contributed by atoms with E-state index in [1.54, 1.807) is 51.9 Å². The van der Waals surface area contributed by atoms with Gasteiger partial charge in [-0.3, -0.25) is 4.79 Å². The highest BCUT2D eigenvalue weighted by atomic mass is 32.2. The van der Waals surface area contributed by atoms with Crippen LogP contribution < -0.4 is 0 Å². The summed E-state index contributed by atoms with van der Waals surface area (Å²) in [4.78, 5) is 15.6. The van der Waals surface area contributed by atoms with Gasteiger partial charge in [-0.15, -0.1) is 11.3 Å². The van der Waals surface area contributed by atoms with Crippen LogP contribution in [0.5, 0.6) is 0 Å². The summed E-state index contributed by atoms with van der Waals surface area (Å²) in [5, 5.41) is 1.98. The summed E-state index contributed by atoms with van der Waals surface area (Å²) in [5.74, 6) is -0.114. The highest BCUT2D eigenvalue weighted by molar-refractivity contribution is 7.89. The van der Waals surface area contributed by atoms with Crippen LogP contribution in [0.4, 0.5) is 0 Å². The first-order valence-electron chi connectivity index (χ1n) is 8.86. The molecule has 0 bridgehead atoms. The second-order valence-electron chi connectivity index (χ2n) is 6.58. The van der Waals surface area contributed by atoms with E-state index in [-0.39, 0.29) is 10.8 Å². The molecule has 0 atom stereocenters. The average molecular weight is 393 g/mol. The predicted octanol–water partition coefficient (Wildman–Crippen LogP) is 3.59. The Kier molecular flexibility index (Phi) is 6.11. The normalized spacial score (nSPS) is 16.2. The maximum absolute atomic E-state index is 12.8. The molecule has 0 radical (unpaired) electrons. The first kappa shape index (κ1) is 19.1. The largest absolute Gasteiger partial charge is 0.337 e. The van der Waals surface area contributed by atoms with Crippen LogP contribution in [0.15, 0.2) is 46.7 Å². The quantitative estimate of drug-likeness (QED) is 0.781. The van der Waals surface area contributed by atoms with Crippen molar-refractivity contribution in [3.63, 3.8) is 0 Å². The van der Waals surface area contributed by atoms with Crippen molar-refractivity contribution in [1.29, 1.82) is 0 Å². The summed E-state index contributed by atoms with van der Waals surface area (Å²) < 4.78 is 27.2. The first-order valence-corrected chi connectivity index (χ1v) is 11.2. The average Bonchev–Trinajstić information content (AvgIpc) is 2.99. The Morgan fingerprint density at radius 3 is 2.31 bits per heavy atom. The molecule has 0 aliphatic carbocycles. The molecule has 0 spiro atoms. The number of carbonyl (C=O) groups is 1. The minimum atomic E-state index is -3.48. The maximum Gasteiger partial charge on any atom is 0.253 e.